The van der Waals surface area contributed by atoms with E-state index in [2.05, 4.69) is 0 Å². The number of carbonyl (C=O) groups excluding carboxylic acids is 1. The molecule has 0 aliphatic rings. The Balaban J connectivity index is 1.89. The van der Waals surface area contributed by atoms with Crippen LogP contribution >= 0.6 is 0 Å². The fourth-order valence-corrected chi connectivity index (χ4v) is 2.49. The third kappa shape index (κ3) is 5.56. The molecule has 0 N–H and O–H groups in total. The van der Waals surface area contributed by atoms with Crippen molar-refractivity contribution in [3.63, 3.8) is 0 Å². The van der Waals surface area contributed by atoms with Gasteiger partial charge in [-0.25, -0.2) is 4.39 Å². The minimum atomic E-state index is -4.37. The van der Waals surface area contributed by atoms with Gasteiger partial charge >= 0.3 is 6.18 Å². The normalized spacial score (nSPS) is 11.7. The van der Waals surface area contributed by atoms with Crippen LogP contribution in [0.4, 0.5) is 17.6 Å². The topological polar surface area (TPSA) is 23.6 Å². The minimum absolute atomic E-state index is 0.0754. The van der Waals surface area contributed by atoms with Crippen LogP contribution < -0.4 is 0 Å². The molecule has 0 aliphatic carbocycles. The first-order valence-electron chi connectivity index (χ1n) is 7.99. The molecule has 0 saturated heterocycles. The van der Waals surface area contributed by atoms with Crippen LogP contribution in [0.15, 0.2) is 48.5 Å². The highest BCUT2D eigenvalue weighted by Crippen LogP contribution is 2.29. The highest BCUT2D eigenvalue weighted by molar-refractivity contribution is 5.77. The van der Waals surface area contributed by atoms with Crippen molar-refractivity contribution in [2.75, 3.05) is 20.6 Å². The molecule has 3 nitrogen and oxygen atoms in total. The maximum atomic E-state index is 13.7. The Morgan fingerprint density at radius 1 is 0.962 bits per heavy atom. The number of amides is 1. The van der Waals surface area contributed by atoms with Gasteiger partial charge in [0, 0.05) is 25.7 Å². The van der Waals surface area contributed by atoms with Crippen LogP contribution in [0, 0.1) is 5.82 Å². The molecule has 0 unspecified atom stereocenters. The van der Waals surface area contributed by atoms with Gasteiger partial charge < -0.3 is 4.90 Å². The van der Waals surface area contributed by atoms with Crippen molar-refractivity contribution in [3.8, 4) is 0 Å². The first-order chi connectivity index (χ1) is 12.2. The van der Waals surface area contributed by atoms with Crippen LogP contribution in [-0.4, -0.2) is 36.3 Å². The molecule has 0 atom stereocenters. The molecule has 0 fully saturated rings. The molecule has 2 rings (SSSR count). The van der Waals surface area contributed by atoms with E-state index in [0.717, 1.165) is 12.1 Å². The summed E-state index contributed by atoms with van der Waals surface area (Å²) in [7, 11) is 3.28. The number of hydrogen-bond donors (Lipinski definition) is 0. The van der Waals surface area contributed by atoms with Crippen molar-refractivity contribution in [1.29, 1.82) is 0 Å². The fourth-order valence-electron chi connectivity index (χ4n) is 2.49. The van der Waals surface area contributed by atoms with Crippen molar-refractivity contribution in [2.45, 2.75) is 19.3 Å². The summed E-state index contributed by atoms with van der Waals surface area (Å²) in [5.74, 6) is -0.576. The molecule has 0 heterocycles. The van der Waals surface area contributed by atoms with Gasteiger partial charge in [-0.2, -0.15) is 13.2 Å². The average molecular weight is 368 g/mol. The second kappa shape index (κ2) is 8.31. The zero-order valence-electron chi connectivity index (χ0n) is 14.6. The summed E-state index contributed by atoms with van der Waals surface area (Å²) in [4.78, 5) is 15.4. The minimum Gasteiger partial charge on any atom is -0.340 e. The number of rotatable bonds is 6. The molecule has 1 amide bonds. The predicted octanol–water partition coefficient (Wildman–Crippen LogP) is 3.93. The van der Waals surface area contributed by atoms with E-state index in [9.17, 15) is 22.4 Å². The molecule has 0 aliphatic heterocycles. The zero-order chi connectivity index (χ0) is 19.3. The quantitative estimate of drug-likeness (QED) is 0.722. The van der Waals surface area contributed by atoms with Crippen molar-refractivity contribution >= 4 is 5.91 Å². The summed E-state index contributed by atoms with van der Waals surface area (Å²) < 4.78 is 51.3. The van der Waals surface area contributed by atoms with Crippen molar-refractivity contribution in [1.82, 2.24) is 9.80 Å². The molecule has 2 aromatic rings. The Labute approximate surface area is 149 Å². The van der Waals surface area contributed by atoms with Gasteiger partial charge in [0.25, 0.3) is 0 Å². The molecular formula is C19H20F4N2O. The summed E-state index contributed by atoms with van der Waals surface area (Å²) in [6.07, 6.45) is -4.37. The van der Waals surface area contributed by atoms with Crippen molar-refractivity contribution in [3.05, 3.63) is 71.0 Å². The largest absolute Gasteiger partial charge is 0.416 e. The lowest BCUT2D eigenvalue weighted by atomic mass is 10.1. The molecule has 7 heteroatoms. The maximum Gasteiger partial charge on any atom is 0.416 e. The molecule has 0 aromatic heterocycles. The summed E-state index contributed by atoms with van der Waals surface area (Å²) in [5.41, 5.74) is 0.392. The molecule has 0 radical (unpaired) electrons. The molecule has 0 bridgehead atoms. The number of carbonyl (C=O) groups is 1. The predicted molar refractivity (Wildman–Crippen MR) is 90.7 cm³/mol. The number of halogens is 4. The van der Waals surface area contributed by atoms with Gasteiger partial charge in [-0.15, -0.1) is 0 Å². The second-order valence-corrected chi connectivity index (χ2v) is 6.21. The zero-order valence-corrected chi connectivity index (χ0v) is 14.6. The number of benzene rings is 2. The van der Waals surface area contributed by atoms with Crippen LogP contribution in [0.2, 0.25) is 0 Å². The van der Waals surface area contributed by atoms with Crippen LogP contribution in [0.5, 0.6) is 0 Å². The molecule has 140 valence electrons. The van der Waals surface area contributed by atoms with Gasteiger partial charge in [-0.3, -0.25) is 9.69 Å². The van der Waals surface area contributed by atoms with Gasteiger partial charge in [-0.05, 0) is 30.8 Å². The monoisotopic (exact) mass is 368 g/mol. The van der Waals surface area contributed by atoms with E-state index in [0.29, 0.717) is 17.7 Å². The third-order valence-electron chi connectivity index (χ3n) is 3.93. The number of likely N-dealkylation sites (N-methyl/N-ethyl adjacent to an activating group) is 2. The molecule has 26 heavy (non-hydrogen) atoms. The summed E-state index contributed by atoms with van der Waals surface area (Å²) >= 11 is 0. The van der Waals surface area contributed by atoms with Gasteiger partial charge in [0.1, 0.15) is 5.82 Å². The molecular weight excluding hydrogens is 348 g/mol. The summed E-state index contributed by atoms with van der Waals surface area (Å²) in [5, 5.41) is 0. The van der Waals surface area contributed by atoms with Crippen molar-refractivity contribution in [2.24, 2.45) is 0 Å². The Bertz CT molecular complexity index is 744. The Morgan fingerprint density at radius 2 is 1.58 bits per heavy atom. The summed E-state index contributed by atoms with van der Waals surface area (Å²) in [6, 6.07) is 11.1. The Morgan fingerprint density at radius 3 is 2.15 bits per heavy atom. The number of hydrogen-bond acceptors (Lipinski definition) is 2. The lowest BCUT2D eigenvalue weighted by Crippen LogP contribution is -2.36. The van der Waals surface area contributed by atoms with E-state index in [-0.39, 0.29) is 24.8 Å². The first kappa shape index (κ1) is 19.9. The molecule has 2 aromatic carbocycles. The lowest BCUT2D eigenvalue weighted by molar-refractivity contribution is -0.137. The van der Waals surface area contributed by atoms with E-state index in [1.165, 1.54) is 23.1 Å². The van der Waals surface area contributed by atoms with Gasteiger partial charge in [0.2, 0.25) is 5.91 Å². The van der Waals surface area contributed by atoms with Crippen LogP contribution in [0.3, 0.4) is 0 Å². The van der Waals surface area contributed by atoms with Gasteiger partial charge in [-0.1, -0.05) is 30.3 Å². The fraction of sp³-hybridized carbons (Fsp3) is 0.316. The molecule has 0 spiro atoms. The summed E-state index contributed by atoms with van der Waals surface area (Å²) in [6.45, 7) is 0.559. The van der Waals surface area contributed by atoms with E-state index >= 15 is 0 Å². The van der Waals surface area contributed by atoms with E-state index < -0.39 is 11.7 Å². The van der Waals surface area contributed by atoms with E-state index in [4.69, 9.17) is 0 Å². The smallest absolute Gasteiger partial charge is 0.340 e. The Kier molecular flexibility index (Phi) is 6.37. The highest BCUT2D eigenvalue weighted by Gasteiger charge is 2.29. The maximum absolute atomic E-state index is 13.7. The van der Waals surface area contributed by atoms with E-state index in [1.807, 2.05) is 0 Å². The highest BCUT2D eigenvalue weighted by atomic mass is 19.4. The van der Waals surface area contributed by atoms with Gasteiger partial charge in [0.05, 0.1) is 12.1 Å². The standard InChI is InChI=1S/C19H20F4N2O/c1-24(11-14-7-9-16(10-8-14)19(21,22)23)13-18(26)25(2)12-15-5-3-4-6-17(15)20/h3-10H,11-13H2,1-2H3. The first-order valence-corrected chi connectivity index (χ1v) is 7.99. The van der Waals surface area contributed by atoms with Crippen LogP contribution in [-0.2, 0) is 24.1 Å². The van der Waals surface area contributed by atoms with E-state index in [1.54, 1.807) is 37.2 Å². The second-order valence-electron chi connectivity index (χ2n) is 6.21. The molecule has 0 saturated carbocycles. The lowest BCUT2D eigenvalue weighted by Gasteiger charge is -2.22. The van der Waals surface area contributed by atoms with Crippen LogP contribution in [0.1, 0.15) is 16.7 Å². The third-order valence-corrected chi connectivity index (χ3v) is 3.93. The SMILES string of the molecule is CN(CC(=O)N(C)Cc1ccccc1F)Cc1ccc(C(F)(F)F)cc1. The number of nitrogens with zero attached hydrogens (tertiary/aromatic N) is 2. The van der Waals surface area contributed by atoms with Gasteiger partial charge in [0.15, 0.2) is 0 Å². The van der Waals surface area contributed by atoms with Crippen molar-refractivity contribution < 1.29 is 22.4 Å². The average Bonchev–Trinajstić information content (AvgIpc) is 2.56. The number of alkyl halides is 3. The Hall–Kier alpha value is -2.41. The van der Waals surface area contributed by atoms with Crippen LogP contribution in [0.25, 0.3) is 0 Å².